The van der Waals surface area contributed by atoms with E-state index in [-0.39, 0.29) is 0 Å². The molecule has 0 aliphatic rings. The SMILES string of the molecule is CC(C)CSc1cccc(Cl)n1. The van der Waals surface area contributed by atoms with E-state index in [2.05, 4.69) is 18.8 Å². The molecular weight excluding hydrogens is 190 g/mol. The zero-order valence-electron chi connectivity index (χ0n) is 7.25. The van der Waals surface area contributed by atoms with Crippen LogP contribution < -0.4 is 0 Å². The number of halogens is 1. The van der Waals surface area contributed by atoms with Gasteiger partial charge in [0, 0.05) is 5.75 Å². The second kappa shape index (κ2) is 4.73. The molecule has 66 valence electrons. The second-order valence-corrected chi connectivity index (χ2v) is 4.43. The number of thioether (sulfide) groups is 1. The molecule has 0 saturated heterocycles. The fourth-order valence-corrected chi connectivity index (χ4v) is 1.78. The zero-order chi connectivity index (χ0) is 8.97. The minimum Gasteiger partial charge on any atom is -0.230 e. The van der Waals surface area contributed by atoms with Crippen LogP contribution in [0.25, 0.3) is 0 Å². The van der Waals surface area contributed by atoms with Gasteiger partial charge < -0.3 is 0 Å². The first-order valence-corrected chi connectivity index (χ1v) is 5.30. The van der Waals surface area contributed by atoms with Crippen molar-refractivity contribution in [2.24, 2.45) is 5.92 Å². The van der Waals surface area contributed by atoms with Crippen molar-refractivity contribution in [3.8, 4) is 0 Å². The van der Waals surface area contributed by atoms with Gasteiger partial charge in [0.2, 0.25) is 0 Å². The molecule has 3 heteroatoms. The van der Waals surface area contributed by atoms with Gasteiger partial charge in [-0.1, -0.05) is 31.5 Å². The van der Waals surface area contributed by atoms with Gasteiger partial charge in [0.05, 0.1) is 5.03 Å². The Morgan fingerprint density at radius 2 is 2.25 bits per heavy atom. The van der Waals surface area contributed by atoms with E-state index in [9.17, 15) is 0 Å². The number of hydrogen-bond donors (Lipinski definition) is 0. The number of aromatic nitrogens is 1. The van der Waals surface area contributed by atoms with Crippen LogP contribution in [-0.2, 0) is 0 Å². The van der Waals surface area contributed by atoms with Crippen LogP contribution in [0, 0.1) is 5.92 Å². The predicted octanol–water partition coefficient (Wildman–Crippen LogP) is 3.48. The predicted molar refractivity (Wildman–Crippen MR) is 54.8 cm³/mol. The van der Waals surface area contributed by atoms with E-state index in [0.29, 0.717) is 11.1 Å². The van der Waals surface area contributed by atoms with E-state index in [0.717, 1.165) is 10.8 Å². The maximum Gasteiger partial charge on any atom is 0.130 e. The summed E-state index contributed by atoms with van der Waals surface area (Å²) in [5, 5.41) is 1.58. The molecule has 0 atom stereocenters. The first kappa shape index (κ1) is 9.87. The average Bonchev–Trinajstić information content (AvgIpc) is 2.01. The second-order valence-electron chi connectivity index (χ2n) is 3.00. The van der Waals surface area contributed by atoms with Crippen molar-refractivity contribution in [2.75, 3.05) is 5.75 Å². The Morgan fingerprint density at radius 1 is 1.50 bits per heavy atom. The molecule has 0 amide bonds. The first-order valence-electron chi connectivity index (χ1n) is 3.94. The largest absolute Gasteiger partial charge is 0.230 e. The molecule has 12 heavy (non-hydrogen) atoms. The Morgan fingerprint density at radius 3 is 2.83 bits per heavy atom. The van der Waals surface area contributed by atoms with Gasteiger partial charge in [-0.3, -0.25) is 0 Å². The molecule has 0 N–H and O–H groups in total. The summed E-state index contributed by atoms with van der Waals surface area (Å²) in [7, 11) is 0. The minimum atomic E-state index is 0.573. The number of rotatable bonds is 3. The Hall–Kier alpha value is -0.210. The molecule has 1 heterocycles. The number of nitrogens with zero attached hydrogens (tertiary/aromatic N) is 1. The summed E-state index contributed by atoms with van der Waals surface area (Å²) < 4.78 is 0. The minimum absolute atomic E-state index is 0.573. The van der Waals surface area contributed by atoms with Crippen molar-refractivity contribution in [2.45, 2.75) is 18.9 Å². The van der Waals surface area contributed by atoms with Crippen molar-refractivity contribution in [3.63, 3.8) is 0 Å². The van der Waals surface area contributed by atoms with Crippen LogP contribution in [-0.4, -0.2) is 10.7 Å². The highest BCUT2D eigenvalue weighted by atomic mass is 35.5. The van der Waals surface area contributed by atoms with Crippen LogP contribution in [0.3, 0.4) is 0 Å². The van der Waals surface area contributed by atoms with Crippen molar-refractivity contribution in [3.05, 3.63) is 23.4 Å². The van der Waals surface area contributed by atoms with Gasteiger partial charge in [0.15, 0.2) is 0 Å². The molecule has 0 radical (unpaired) electrons. The molecule has 0 aromatic carbocycles. The average molecular weight is 202 g/mol. The van der Waals surface area contributed by atoms with Crippen LogP contribution in [0.5, 0.6) is 0 Å². The third-order valence-corrected chi connectivity index (χ3v) is 2.82. The van der Waals surface area contributed by atoms with E-state index in [1.165, 1.54) is 0 Å². The van der Waals surface area contributed by atoms with Gasteiger partial charge in [-0.05, 0) is 18.1 Å². The highest BCUT2D eigenvalue weighted by molar-refractivity contribution is 7.99. The van der Waals surface area contributed by atoms with Crippen LogP contribution in [0.1, 0.15) is 13.8 Å². The Balaban J connectivity index is 2.52. The van der Waals surface area contributed by atoms with Gasteiger partial charge in [0.25, 0.3) is 0 Å². The van der Waals surface area contributed by atoms with Crippen LogP contribution in [0.2, 0.25) is 5.15 Å². The smallest absolute Gasteiger partial charge is 0.130 e. The van der Waals surface area contributed by atoms with Crippen LogP contribution in [0.4, 0.5) is 0 Å². The van der Waals surface area contributed by atoms with Crippen LogP contribution in [0.15, 0.2) is 23.2 Å². The molecule has 1 nitrogen and oxygen atoms in total. The Labute approximate surface area is 82.5 Å². The van der Waals surface area contributed by atoms with Gasteiger partial charge in [0.1, 0.15) is 5.15 Å². The number of pyridine rings is 1. The van der Waals surface area contributed by atoms with E-state index < -0.39 is 0 Å². The third-order valence-electron chi connectivity index (χ3n) is 1.25. The first-order chi connectivity index (χ1) is 5.68. The van der Waals surface area contributed by atoms with Crippen molar-refractivity contribution in [1.82, 2.24) is 4.98 Å². The molecule has 0 aliphatic heterocycles. The normalized spacial score (nSPS) is 10.7. The Kier molecular flexibility index (Phi) is 3.89. The van der Waals surface area contributed by atoms with E-state index in [1.54, 1.807) is 17.8 Å². The number of hydrogen-bond acceptors (Lipinski definition) is 2. The summed E-state index contributed by atoms with van der Waals surface area (Å²) in [6.07, 6.45) is 0. The van der Waals surface area contributed by atoms with Gasteiger partial charge in [-0.2, -0.15) is 0 Å². The van der Waals surface area contributed by atoms with Crippen molar-refractivity contribution < 1.29 is 0 Å². The fourth-order valence-electron chi connectivity index (χ4n) is 0.722. The lowest BCUT2D eigenvalue weighted by Crippen LogP contribution is -1.91. The molecule has 1 rings (SSSR count). The summed E-state index contributed by atoms with van der Waals surface area (Å²) in [5.74, 6) is 1.78. The molecule has 0 fully saturated rings. The highest BCUT2D eigenvalue weighted by Crippen LogP contribution is 2.19. The molecule has 0 bridgehead atoms. The molecule has 0 aliphatic carbocycles. The van der Waals surface area contributed by atoms with Crippen molar-refractivity contribution in [1.29, 1.82) is 0 Å². The van der Waals surface area contributed by atoms with Crippen molar-refractivity contribution >= 4 is 23.4 Å². The maximum absolute atomic E-state index is 5.74. The third kappa shape index (κ3) is 3.46. The molecule has 0 unspecified atom stereocenters. The van der Waals surface area contributed by atoms with E-state index in [1.807, 2.05) is 12.1 Å². The monoisotopic (exact) mass is 201 g/mol. The maximum atomic E-state index is 5.74. The van der Waals surface area contributed by atoms with Gasteiger partial charge in [-0.15, -0.1) is 11.8 Å². The quantitative estimate of drug-likeness (QED) is 0.549. The molecule has 1 aromatic rings. The summed E-state index contributed by atoms with van der Waals surface area (Å²) in [6.45, 7) is 4.38. The topological polar surface area (TPSA) is 12.9 Å². The van der Waals surface area contributed by atoms with Gasteiger partial charge in [-0.25, -0.2) is 4.98 Å². The Bertz CT molecular complexity index is 250. The lowest BCUT2D eigenvalue weighted by molar-refractivity contribution is 0.749. The van der Waals surface area contributed by atoms with Gasteiger partial charge >= 0.3 is 0 Å². The summed E-state index contributed by atoms with van der Waals surface area (Å²) in [5.41, 5.74) is 0. The molecule has 0 spiro atoms. The summed E-state index contributed by atoms with van der Waals surface area (Å²) >= 11 is 7.48. The molecule has 1 aromatic heterocycles. The standard InChI is InChI=1S/C9H12ClNS/c1-7(2)6-12-9-5-3-4-8(10)11-9/h3-5,7H,6H2,1-2H3. The summed E-state index contributed by atoms with van der Waals surface area (Å²) in [6, 6.07) is 5.71. The fraction of sp³-hybridized carbons (Fsp3) is 0.444. The summed E-state index contributed by atoms with van der Waals surface area (Å²) in [4.78, 5) is 4.17. The van der Waals surface area contributed by atoms with Crippen LogP contribution >= 0.6 is 23.4 Å². The molecular formula is C9H12ClNS. The van der Waals surface area contributed by atoms with E-state index in [4.69, 9.17) is 11.6 Å². The molecule has 0 saturated carbocycles. The van der Waals surface area contributed by atoms with E-state index >= 15 is 0 Å². The lowest BCUT2D eigenvalue weighted by atomic mass is 10.3. The highest BCUT2D eigenvalue weighted by Gasteiger charge is 1.98. The zero-order valence-corrected chi connectivity index (χ0v) is 8.82. The lowest BCUT2D eigenvalue weighted by Gasteiger charge is -2.03.